The van der Waals surface area contributed by atoms with Crippen molar-refractivity contribution in [1.82, 2.24) is 4.98 Å². The van der Waals surface area contributed by atoms with Crippen LogP contribution in [0.2, 0.25) is 0 Å². The second kappa shape index (κ2) is 7.58. The van der Waals surface area contributed by atoms with Gasteiger partial charge in [0.2, 0.25) is 0 Å². The van der Waals surface area contributed by atoms with Crippen molar-refractivity contribution in [2.75, 3.05) is 13.7 Å². The number of benzene rings is 2. The van der Waals surface area contributed by atoms with Gasteiger partial charge in [0.25, 0.3) is 5.56 Å². The third-order valence-electron chi connectivity index (χ3n) is 4.02. The van der Waals surface area contributed by atoms with Crippen molar-refractivity contribution in [1.29, 1.82) is 5.26 Å². The molecule has 0 amide bonds. The van der Waals surface area contributed by atoms with E-state index in [2.05, 4.69) is 4.98 Å². The Labute approximate surface area is 151 Å². The predicted octanol–water partition coefficient (Wildman–Crippen LogP) is 3.99. The molecule has 3 aromatic rings. The first kappa shape index (κ1) is 17.3. The van der Waals surface area contributed by atoms with Crippen LogP contribution in [0.4, 0.5) is 0 Å². The number of methoxy groups -OCH3 is 1. The molecule has 1 aromatic heterocycles. The van der Waals surface area contributed by atoms with Gasteiger partial charge in [-0.2, -0.15) is 5.26 Å². The third-order valence-corrected chi connectivity index (χ3v) is 4.02. The van der Waals surface area contributed by atoms with E-state index in [4.69, 9.17) is 9.47 Å². The van der Waals surface area contributed by atoms with E-state index in [1.54, 1.807) is 7.11 Å². The third kappa shape index (κ3) is 3.45. The van der Waals surface area contributed by atoms with Gasteiger partial charge in [-0.25, -0.2) is 0 Å². The fraction of sp³-hybridized carbons (Fsp3) is 0.143. The van der Waals surface area contributed by atoms with E-state index < -0.39 is 5.56 Å². The summed E-state index contributed by atoms with van der Waals surface area (Å²) in [6.45, 7) is 2.50. The largest absolute Gasteiger partial charge is 0.497 e. The molecule has 0 spiro atoms. The molecule has 0 saturated carbocycles. The maximum absolute atomic E-state index is 12.4. The van der Waals surface area contributed by atoms with Crippen LogP contribution in [0.3, 0.4) is 0 Å². The molecule has 1 N–H and O–H groups in total. The smallest absolute Gasteiger partial charge is 0.266 e. The minimum atomic E-state index is -0.412. The minimum absolute atomic E-state index is 0.0893. The fourth-order valence-corrected chi connectivity index (χ4v) is 2.72. The van der Waals surface area contributed by atoms with Gasteiger partial charge in [0.1, 0.15) is 23.1 Å². The summed E-state index contributed by atoms with van der Waals surface area (Å²) >= 11 is 0. The van der Waals surface area contributed by atoms with Gasteiger partial charge in [-0.05, 0) is 60.5 Å². The molecule has 0 radical (unpaired) electrons. The van der Waals surface area contributed by atoms with Gasteiger partial charge in [0, 0.05) is 11.3 Å². The van der Waals surface area contributed by atoms with E-state index in [0.717, 1.165) is 22.6 Å². The van der Waals surface area contributed by atoms with Crippen LogP contribution in [0, 0.1) is 11.3 Å². The van der Waals surface area contributed by atoms with E-state index in [0.29, 0.717) is 17.9 Å². The summed E-state index contributed by atoms with van der Waals surface area (Å²) in [5.41, 5.74) is 2.52. The van der Waals surface area contributed by atoms with E-state index in [9.17, 15) is 10.1 Å². The van der Waals surface area contributed by atoms with E-state index in [-0.39, 0.29) is 5.56 Å². The lowest BCUT2D eigenvalue weighted by atomic mass is 9.99. The minimum Gasteiger partial charge on any atom is -0.497 e. The average Bonchev–Trinajstić information content (AvgIpc) is 2.68. The standard InChI is InChI=1S/C21H18N2O3/c1-3-26-17-10-4-14(5-11-17)18-12-20(23-21(24)19(18)13-22)15-6-8-16(25-2)9-7-15/h4-12H,3H2,1-2H3,(H,23,24). The van der Waals surface area contributed by atoms with Crippen molar-refractivity contribution in [3.63, 3.8) is 0 Å². The molecule has 1 heterocycles. The summed E-state index contributed by atoms with van der Waals surface area (Å²) in [7, 11) is 1.60. The number of H-pyrrole nitrogens is 1. The summed E-state index contributed by atoms with van der Waals surface area (Å²) in [6, 6.07) is 18.5. The highest BCUT2D eigenvalue weighted by Gasteiger charge is 2.12. The first-order chi connectivity index (χ1) is 12.7. The van der Waals surface area contributed by atoms with Gasteiger partial charge < -0.3 is 14.5 Å². The maximum atomic E-state index is 12.4. The topological polar surface area (TPSA) is 75.1 Å². The van der Waals surface area contributed by atoms with Crippen LogP contribution < -0.4 is 15.0 Å². The highest BCUT2D eigenvalue weighted by Crippen LogP contribution is 2.28. The van der Waals surface area contributed by atoms with Gasteiger partial charge in [0.15, 0.2) is 0 Å². The van der Waals surface area contributed by atoms with Crippen LogP contribution in [0.1, 0.15) is 12.5 Å². The van der Waals surface area contributed by atoms with Crippen molar-refractivity contribution < 1.29 is 9.47 Å². The van der Waals surface area contributed by atoms with Crippen molar-refractivity contribution in [3.05, 3.63) is 70.5 Å². The van der Waals surface area contributed by atoms with Crippen LogP contribution in [0.25, 0.3) is 22.4 Å². The highest BCUT2D eigenvalue weighted by atomic mass is 16.5. The number of hydrogen-bond acceptors (Lipinski definition) is 4. The molecule has 0 saturated heterocycles. The number of nitriles is 1. The monoisotopic (exact) mass is 346 g/mol. The maximum Gasteiger partial charge on any atom is 0.266 e. The van der Waals surface area contributed by atoms with Gasteiger partial charge in [-0.3, -0.25) is 4.79 Å². The second-order valence-electron chi connectivity index (χ2n) is 5.60. The molecule has 0 bridgehead atoms. The summed E-state index contributed by atoms with van der Waals surface area (Å²) in [6.07, 6.45) is 0. The van der Waals surface area contributed by atoms with Crippen molar-refractivity contribution in [2.45, 2.75) is 6.92 Å². The Morgan fingerprint density at radius 3 is 2.19 bits per heavy atom. The zero-order valence-corrected chi connectivity index (χ0v) is 14.6. The average molecular weight is 346 g/mol. The Kier molecular flexibility index (Phi) is 5.04. The molecule has 0 atom stereocenters. The van der Waals surface area contributed by atoms with Crippen LogP contribution in [0.15, 0.2) is 59.4 Å². The lowest BCUT2D eigenvalue weighted by Gasteiger charge is -2.10. The lowest BCUT2D eigenvalue weighted by Crippen LogP contribution is -2.12. The van der Waals surface area contributed by atoms with E-state index in [1.165, 1.54) is 0 Å². The van der Waals surface area contributed by atoms with E-state index in [1.807, 2.05) is 67.6 Å². The SMILES string of the molecule is CCOc1ccc(-c2cc(-c3ccc(OC)cc3)[nH]c(=O)c2C#N)cc1. The van der Waals surface area contributed by atoms with Crippen molar-refractivity contribution in [2.24, 2.45) is 0 Å². The second-order valence-corrected chi connectivity index (χ2v) is 5.60. The molecule has 130 valence electrons. The van der Waals surface area contributed by atoms with Gasteiger partial charge in [0.05, 0.1) is 13.7 Å². The molecular weight excluding hydrogens is 328 g/mol. The number of aromatic amines is 1. The summed E-state index contributed by atoms with van der Waals surface area (Å²) < 4.78 is 10.6. The van der Waals surface area contributed by atoms with Crippen LogP contribution in [-0.2, 0) is 0 Å². The summed E-state index contributed by atoms with van der Waals surface area (Å²) in [5.74, 6) is 1.48. The molecular formula is C21H18N2O3. The van der Waals surface area contributed by atoms with Crippen LogP contribution in [-0.4, -0.2) is 18.7 Å². The number of nitrogens with one attached hydrogen (secondary N) is 1. The Morgan fingerprint density at radius 2 is 1.62 bits per heavy atom. The Morgan fingerprint density at radius 1 is 1.00 bits per heavy atom. The number of pyridine rings is 1. The van der Waals surface area contributed by atoms with Crippen molar-refractivity contribution >= 4 is 0 Å². The van der Waals surface area contributed by atoms with Gasteiger partial charge >= 0.3 is 0 Å². The predicted molar refractivity (Wildman–Crippen MR) is 100 cm³/mol. The highest BCUT2D eigenvalue weighted by molar-refractivity contribution is 5.75. The Bertz CT molecular complexity index is 997. The Hall–Kier alpha value is -3.52. The number of rotatable bonds is 5. The molecule has 26 heavy (non-hydrogen) atoms. The molecule has 3 rings (SSSR count). The molecule has 5 nitrogen and oxygen atoms in total. The van der Waals surface area contributed by atoms with Crippen molar-refractivity contribution in [3.8, 4) is 40.0 Å². The quantitative estimate of drug-likeness (QED) is 0.758. The lowest BCUT2D eigenvalue weighted by molar-refractivity contribution is 0.340. The first-order valence-corrected chi connectivity index (χ1v) is 8.21. The first-order valence-electron chi connectivity index (χ1n) is 8.21. The summed E-state index contributed by atoms with van der Waals surface area (Å²) in [5, 5.41) is 9.42. The zero-order valence-electron chi connectivity index (χ0n) is 14.6. The molecule has 0 aliphatic heterocycles. The molecule has 5 heteroatoms. The Balaban J connectivity index is 2.10. The number of aromatic nitrogens is 1. The molecule has 0 aliphatic rings. The number of ether oxygens (including phenoxy) is 2. The van der Waals surface area contributed by atoms with Crippen LogP contribution >= 0.6 is 0 Å². The molecule has 0 fully saturated rings. The summed E-state index contributed by atoms with van der Waals surface area (Å²) in [4.78, 5) is 15.2. The molecule has 0 unspecified atom stereocenters. The number of nitrogens with zero attached hydrogens (tertiary/aromatic N) is 1. The zero-order chi connectivity index (χ0) is 18.5. The molecule has 2 aromatic carbocycles. The van der Waals surface area contributed by atoms with E-state index >= 15 is 0 Å². The fourth-order valence-electron chi connectivity index (χ4n) is 2.72. The normalized spacial score (nSPS) is 10.2. The van der Waals surface area contributed by atoms with Gasteiger partial charge in [-0.15, -0.1) is 0 Å². The molecule has 0 aliphatic carbocycles. The van der Waals surface area contributed by atoms with Gasteiger partial charge in [-0.1, -0.05) is 12.1 Å². The number of hydrogen-bond donors (Lipinski definition) is 1. The van der Waals surface area contributed by atoms with Crippen LogP contribution in [0.5, 0.6) is 11.5 Å².